The van der Waals surface area contributed by atoms with E-state index in [0.29, 0.717) is 9.47 Å². The summed E-state index contributed by atoms with van der Waals surface area (Å²) >= 11 is 2.56. The quantitative estimate of drug-likeness (QED) is 0.394. The predicted octanol–water partition coefficient (Wildman–Crippen LogP) is 4.92. The number of thioether (sulfide) groups is 1. The van der Waals surface area contributed by atoms with Crippen LogP contribution in [0.4, 0.5) is 10.8 Å². The minimum atomic E-state index is -0.126. The maximum Gasteiger partial charge on any atom is 0.234 e. The van der Waals surface area contributed by atoms with Crippen LogP contribution in [0.2, 0.25) is 0 Å². The molecule has 0 fully saturated rings. The van der Waals surface area contributed by atoms with E-state index < -0.39 is 0 Å². The SMILES string of the molecule is CC[C@H](C)C(=O)Nc1nnc(SCC(=O)Nc2ccccc2-c2ccccc2)s1. The van der Waals surface area contributed by atoms with Gasteiger partial charge >= 0.3 is 0 Å². The number of benzene rings is 2. The fourth-order valence-corrected chi connectivity index (χ4v) is 4.06. The lowest BCUT2D eigenvalue weighted by atomic mass is 10.0. The summed E-state index contributed by atoms with van der Waals surface area (Å²) in [5, 5.41) is 14.2. The van der Waals surface area contributed by atoms with E-state index in [-0.39, 0.29) is 23.5 Å². The highest BCUT2D eigenvalue weighted by Crippen LogP contribution is 2.29. The second-order valence-corrected chi connectivity index (χ2v) is 8.62. The first kappa shape index (κ1) is 21.0. The Kier molecular flexibility index (Phi) is 7.37. The van der Waals surface area contributed by atoms with Crippen molar-refractivity contribution in [1.29, 1.82) is 0 Å². The zero-order chi connectivity index (χ0) is 20.6. The highest BCUT2D eigenvalue weighted by molar-refractivity contribution is 8.01. The van der Waals surface area contributed by atoms with Crippen LogP contribution < -0.4 is 10.6 Å². The monoisotopic (exact) mass is 426 g/mol. The minimum absolute atomic E-state index is 0.0736. The van der Waals surface area contributed by atoms with Crippen LogP contribution in [0.3, 0.4) is 0 Å². The Balaban J connectivity index is 1.57. The van der Waals surface area contributed by atoms with Gasteiger partial charge in [0.05, 0.1) is 5.75 Å². The van der Waals surface area contributed by atoms with Gasteiger partial charge in [0.25, 0.3) is 0 Å². The first-order chi connectivity index (χ1) is 14.1. The van der Waals surface area contributed by atoms with E-state index in [4.69, 9.17) is 0 Å². The standard InChI is InChI=1S/C21H22N4O2S2/c1-3-14(2)19(27)23-20-24-25-21(29-20)28-13-18(26)22-17-12-8-7-11-16(17)15-9-5-4-6-10-15/h4-12,14H,3,13H2,1-2H3,(H,22,26)(H,23,24,27)/t14-/m0/s1. The normalized spacial score (nSPS) is 11.7. The molecule has 3 rings (SSSR count). The molecule has 0 bridgehead atoms. The highest BCUT2D eigenvalue weighted by atomic mass is 32.2. The van der Waals surface area contributed by atoms with Crippen molar-refractivity contribution in [3.8, 4) is 11.1 Å². The first-order valence-electron chi connectivity index (χ1n) is 9.28. The summed E-state index contributed by atoms with van der Waals surface area (Å²) in [5.41, 5.74) is 2.78. The lowest BCUT2D eigenvalue weighted by Gasteiger charge is -2.10. The Morgan fingerprint density at radius 1 is 1.03 bits per heavy atom. The zero-order valence-corrected chi connectivity index (χ0v) is 17.8. The summed E-state index contributed by atoms with van der Waals surface area (Å²) in [5.74, 6) is -0.0726. The van der Waals surface area contributed by atoms with E-state index >= 15 is 0 Å². The Labute approximate surface area is 178 Å². The molecule has 29 heavy (non-hydrogen) atoms. The van der Waals surface area contributed by atoms with Crippen molar-refractivity contribution >= 4 is 45.7 Å². The average Bonchev–Trinajstić information content (AvgIpc) is 3.20. The van der Waals surface area contributed by atoms with Crippen LogP contribution in [0.5, 0.6) is 0 Å². The Bertz CT molecular complexity index is 976. The van der Waals surface area contributed by atoms with Crippen molar-refractivity contribution in [3.63, 3.8) is 0 Å². The highest BCUT2D eigenvalue weighted by Gasteiger charge is 2.15. The van der Waals surface area contributed by atoms with Gasteiger partial charge in [-0.3, -0.25) is 9.59 Å². The van der Waals surface area contributed by atoms with Crippen molar-refractivity contribution in [3.05, 3.63) is 54.6 Å². The molecule has 2 amide bonds. The number of nitrogens with one attached hydrogen (secondary N) is 2. The third-order valence-electron chi connectivity index (χ3n) is 4.31. The largest absolute Gasteiger partial charge is 0.325 e. The van der Waals surface area contributed by atoms with Crippen molar-refractivity contribution in [2.75, 3.05) is 16.4 Å². The lowest BCUT2D eigenvalue weighted by molar-refractivity contribution is -0.119. The van der Waals surface area contributed by atoms with Gasteiger partial charge in [-0.15, -0.1) is 10.2 Å². The molecule has 1 aromatic heterocycles. The lowest BCUT2D eigenvalue weighted by Crippen LogP contribution is -2.19. The number of amides is 2. The van der Waals surface area contributed by atoms with Crippen LogP contribution in [0.1, 0.15) is 20.3 Å². The van der Waals surface area contributed by atoms with E-state index in [2.05, 4.69) is 20.8 Å². The van der Waals surface area contributed by atoms with Crippen LogP contribution in [-0.4, -0.2) is 27.8 Å². The summed E-state index contributed by atoms with van der Waals surface area (Å²) in [4.78, 5) is 24.4. The van der Waals surface area contributed by atoms with E-state index in [1.54, 1.807) is 0 Å². The molecule has 0 unspecified atom stereocenters. The molecule has 1 atom stereocenters. The molecule has 1 heterocycles. The van der Waals surface area contributed by atoms with E-state index in [1.165, 1.54) is 23.1 Å². The molecule has 0 aliphatic rings. The third kappa shape index (κ3) is 5.88. The second-order valence-electron chi connectivity index (χ2n) is 6.42. The summed E-state index contributed by atoms with van der Waals surface area (Å²) in [6.45, 7) is 3.82. The molecule has 8 heteroatoms. The molecule has 6 nitrogen and oxygen atoms in total. The summed E-state index contributed by atoms with van der Waals surface area (Å²) < 4.78 is 0.635. The number of nitrogens with zero attached hydrogens (tertiary/aromatic N) is 2. The van der Waals surface area contributed by atoms with Crippen LogP contribution >= 0.6 is 23.1 Å². The topological polar surface area (TPSA) is 84.0 Å². The summed E-state index contributed by atoms with van der Waals surface area (Å²) in [6, 6.07) is 17.6. The number of carbonyl (C=O) groups excluding carboxylic acids is 2. The van der Waals surface area contributed by atoms with Crippen LogP contribution in [0.15, 0.2) is 58.9 Å². The molecule has 0 aliphatic heterocycles. The zero-order valence-electron chi connectivity index (χ0n) is 16.2. The predicted molar refractivity (Wildman–Crippen MR) is 119 cm³/mol. The minimum Gasteiger partial charge on any atom is -0.325 e. The Hall–Kier alpha value is -2.71. The van der Waals surface area contributed by atoms with Crippen molar-refractivity contribution < 1.29 is 9.59 Å². The average molecular weight is 427 g/mol. The van der Waals surface area contributed by atoms with Gasteiger partial charge in [-0.25, -0.2) is 0 Å². The maximum absolute atomic E-state index is 12.4. The van der Waals surface area contributed by atoms with Crippen molar-refractivity contribution in [2.45, 2.75) is 24.6 Å². The number of hydrogen-bond acceptors (Lipinski definition) is 6. The van der Waals surface area contributed by atoms with Gasteiger partial charge in [0.2, 0.25) is 16.9 Å². The van der Waals surface area contributed by atoms with Gasteiger partial charge in [0.1, 0.15) is 0 Å². The summed E-state index contributed by atoms with van der Waals surface area (Å²) in [7, 11) is 0. The molecule has 2 aromatic carbocycles. The van der Waals surface area contributed by atoms with E-state index in [0.717, 1.165) is 23.2 Å². The number of rotatable bonds is 8. The first-order valence-corrected chi connectivity index (χ1v) is 11.1. The fraction of sp³-hybridized carbons (Fsp3) is 0.238. The number of aromatic nitrogens is 2. The summed E-state index contributed by atoms with van der Waals surface area (Å²) in [6.07, 6.45) is 0.761. The molecule has 0 spiro atoms. The fourth-order valence-electron chi connectivity index (χ4n) is 2.51. The smallest absolute Gasteiger partial charge is 0.234 e. The Morgan fingerprint density at radius 3 is 2.52 bits per heavy atom. The Morgan fingerprint density at radius 2 is 1.76 bits per heavy atom. The van der Waals surface area contributed by atoms with Gasteiger partial charge < -0.3 is 10.6 Å². The van der Waals surface area contributed by atoms with E-state index in [1.807, 2.05) is 68.4 Å². The van der Waals surface area contributed by atoms with E-state index in [9.17, 15) is 9.59 Å². The molecule has 3 aromatic rings. The maximum atomic E-state index is 12.4. The van der Waals surface area contributed by atoms with Crippen molar-refractivity contribution in [1.82, 2.24) is 10.2 Å². The molecule has 0 radical (unpaired) electrons. The van der Waals surface area contributed by atoms with Gasteiger partial charge in [-0.1, -0.05) is 85.5 Å². The van der Waals surface area contributed by atoms with Crippen LogP contribution in [0, 0.1) is 5.92 Å². The third-order valence-corrected chi connectivity index (χ3v) is 6.28. The van der Waals surface area contributed by atoms with Gasteiger partial charge in [0.15, 0.2) is 4.34 Å². The molecule has 0 saturated carbocycles. The number of anilines is 2. The van der Waals surface area contributed by atoms with Crippen molar-refractivity contribution in [2.24, 2.45) is 5.92 Å². The number of para-hydroxylation sites is 1. The van der Waals surface area contributed by atoms with Crippen LogP contribution in [0.25, 0.3) is 11.1 Å². The molecule has 0 aliphatic carbocycles. The molecule has 2 N–H and O–H groups in total. The van der Waals surface area contributed by atoms with Gasteiger partial charge in [-0.05, 0) is 18.1 Å². The molecular weight excluding hydrogens is 404 g/mol. The molecule has 0 saturated heterocycles. The van der Waals surface area contributed by atoms with Gasteiger partial charge in [0, 0.05) is 17.2 Å². The number of hydrogen-bond donors (Lipinski definition) is 2. The van der Waals surface area contributed by atoms with Gasteiger partial charge in [-0.2, -0.15) is 0 Å². The molecular formula is C21H22N4O2S2. The second kappa shape index (κ2) is 10.2. The molecule has 150 valence electrons. The van der Waals surface area contributed by atoms with Crippen LogP contribution in [-0.2, 0) is 9.59 Å². The number of carbonyl (C=O) groups is 2.